The Balaban J connectivity index is 1.86. The van der Waals surface area contributed by atoms with E-state index < -0.39 is 6.04 Å². The molecule has 1 aromatic heterocycles. The van der Waals surface area contributed by atoms with Gasteiger partial charge in [0.1, 0.15) is 11.3 Å². The first kappa shape index (κ1) is 16.4. The van der Waals surface area contributed by atoms with Gasteiger partial charge in [-0.1, -0.05) is 30.7 Å². The maximum atomic E-state index is 13.1. The summed E-state index contributed by atoms with van der Waals surface area (Å²) in [5.74, 6) is 0.439. The Morgan fingerprint density at radius 1 is 1.15 bits per heavy atom. The molecule has 3 aromatic rings. The zero-order chi connectivity index (χ0) is 18.3. The van der Waals surface area contributed by atoms with E-state index in [1.807, 2.05) is 44.2 Å². The molecule has 0 bridgehead atoms. The van der Waals surface area contributed by atoms with Crippen LogP contribution in [-0.2, 0) is 0 Å². The molecule has 1 aliphatic heterocycles. The third kappa shape index (κ3) is 2.65. The Hall–Kier alpha value is -3.08. The summed E-state index contributed by atoms with van der Waals surface area (Å²) in [5, 5.41) is 3.35. The second-order valence-corrected chi connectivity index (χ2v) is 6.50. The van der Waals surface area contributed by atoms with Crippen LogP contribution in [0.3, 0.4) is 0 Å². The molecule has 2 heterocycles. The first-order valence-corrected chi connectivity index (χ1v) is 8.69. The number of fused-ring (bicyclic) bond motifs is 2. The Kier molecular flexibility index (Phi) is 3.99. The van der Waals surface area contributed by atoms with E-state index in [9.17, 15) is 9.59 Å². The predicted molar refractivity (Wildman–Crippen MR) is 98.8 cm³/mol. The Morgan fingerprint density at radius 2 is 2.00 bits per heavy atom. The Labute approximate surface area is 150 Å². The van der Waals surface area contributed by atoms with Crippen molar-refractivity contribution in [2.75, 3.05) is 6.61 Å². The van der Waals surface area contributed by atoms with Crippen LogP contribution >= 0.6 is 0 Å². The summed E-state index contributed by atoms with van der Waals surface area (Å²) in [6, 6.07) is 12.3. The predicted octanol–water partition coefficient (Wildman–Crippen LogP) is 3.72. The smallest absolute Gasteiger partial charge is 0.288 e. The van der Waals surface area contributed by atoms with Crippen LogP contribution in [0.1, 0.15) is 46.6 Å². The van der Waals surface area contributed by atoms with Crippen molar-refractivity contribution < 1.29 is 13.9 Å². The lowest BCUT2D eigenvalue weighted by molar-refractivity contribution is 0.0938. The van der Waals surface area contributed by atoms with E-state index in [1.165, 1.54) is 0 Å². The fourth-order valence-electron chi connectivity index (χ4n) is 3.28. The lowest BCUT2D eigenvalue weighted by Crippen LogP contribution is -2.22. The number of carbonyl (C=O) groups excluding carboxylic acids is 1. The van der Waals surface area contributed by atoms with Crippen molar-refractivity contribution >= 4 is 16.9 Å². The molecular weight excluding hydrogens is 330 g/mol. The van der Waals surface area contributed by atoms with Crippen LogP contribution in [0, 0.1) is 6.92 Å². The lowest BCUT2D eigenvalue weighted by Gasteiger charge is -2.13. The van der Waals surface area contributed by atoms with E-state index >= 15 is 0 Å². The zero-order valence-electron chi connectivity index (χ0n) is 14.7. The van der Waals surface area contributed by atoms with Gasteiger partial charge in [-0.15, -0.1) is 0 Å². The molecule has 26 heavy (non-hydrogen) atoms. The molecule has 5 nitrogen and oxygen atoms in total. The monoisotopic (exact) mass is 349 g/mol. The van der Waals surface area contributed by atoms with E-state index in [0.717, 1.165) is 17.5 Å². The van der Waals surface area contributed by atoms with Crippen molar-refractivity contribution in [2.24, 2.45) is 0 Å². The number of benzene rings is 2. The summed E-state index contributed by atoms with van der Waals surface area (Å²) in [6.07, 6.45) is 0.905. The van der Waals surface area contributed by atoms with E-state index in [2.05, 4.69) is 5.32 Å². The molecule has 5 heteroatoms. The summed E-state index contributed by atoms with van der Waals surface area (Å²) in [6.45, 7) is 4.57. The van der Waals surface area contributed by atoms with E-state index in [0.29, 0.717) is 28.9 Å². The van der Waals surface area contributed by atoms with Gasteiger partial charge in [-0.05, 0) is 43.2 Å². The summed E-state index contributed by atoms with van der Waals surface area (Å²) >= 11 is 0. The van der Waals surface area contributed by atoms with Crippen LogP contribution in [0.2, 0.25) is 0 Å². The van der Waals surface area contributed by atoms with Gasteiger partial charge in [0.25, 0.3) is 5.91 Å². The van der Waals surface area contributed by atoms with Gasteiger partial charge in [-0.2, -0.15) is 0 Å². The number of carbonyl (C=O) groups is 1. The van der Waals surface area contributed by atoms with Gasteiger partial charge in [0.05, 0.1) is 23.6 Å². The van der Waals surface area contributed by atoms with Crippen molar-refractivity contribution in [1.29, 1.82) is 0 Å². The molecule has 0 spiro atoms. The number of rotatable bonds is 4. The second-order valence-electron chi connectivity index (χ2n) is 6.50. The SMILES string of the molecule is CCCOc1cccc(C2NC(=O)c3oc4ccc(C)cc4c(=O)c32)c1. The Morgan fingerprint density at radius 3 is 2.81 bits per heavy atom. The molecule has 0 saturated carbocycles. The van der Waals surface area contributed by atoms with Crippen LogP contribution in [0.25, 0.3) is 11.0 Å². The standard InChI is InChI=1S/C21H19NO4/c1-3-9-25-14-6-4-5-13(11-14)18-17-19(23)15-10-12(2)7-8-16(15)26-20(17)21(24)22-18/h4-8,10-11,18H,3,9H2,1-2H3,(H,22,24). The van der Waals surface area contributed by atoms with Crippen molar-refractivity contribution in [1.82, 2.24) is 5.32 Å². The van der Waals surface area contributed by atoms with Crippen LogP contribution in [0.5, 0.6) is 5.75 Å². The molecule has 1 amide bonds. The third-order valence-electron chi connectivity index (χ3n) is 4.52. The third-order valence-corrected chi connectivity index (χ3v) is 4.52. The first-order valence-electron chi connectivity index (χ1n) is 8.69. The number of nitrogens with one attached hydrogen (secondary N) is 1. The fourth-order valence-corrected chi connectivity index (χ4v) is 3.28. The largest absolute Gasteiger partial charge is 0.494 e. The summed E-state index contributed by atoms with van der Waals surface area (Å²) in [5.41, 5.74) is 2.38. The molecule has 0 fully saturated rings. The molecule has 132 valence electrons. The maximum absolute atomic E-state index is 13.1. The van der Waals surface area contributed by atoms with Gasteiger partial charge >= 0.3 is 0 Å². The van der Waals surface area contributed by atoms with E-state index in [1.54, 1.807) is 12.1 Å². The lowest BCUT2D eigenvalue weighted by atomic mass is 9.99. The highest BCUT2D eigenvalue weighted by Gasteiger charge is 2.36. The molecule has 0 saturated heterocycles. The molecule has 0 aliphatic carbocycles. The van der Waals surface area contributed by atoms with Crippen molar-refractivity contribution in [2.45, 2.75) is 26.3 Å². The van der Waals surface area contributed by atoms with Crippen LogP contribution in [0.15, 0.2) is 51.7 Å². The highest BCUT2D eigenvalue weighted by Crippen LogP contribution is 2.32. The quantitative estimate of drug-likeness (QED) is 0.779. The van der Waals surface area contributed by atoms with Crippen molar-refractivity contribution in [3.8, 4) is 5.75 Å². The van der Waals surface area contributed by atoms with Gasteiger partial charge in [0.15, 0.2) is 5.43 Å². The zero-order valence-corrected chi connectivity index (χ0v) is 14.7. The highest BCUT2D eigenvalue weighted by molar-refractivity contribution is 5.99. The molecule has 1 unspecified atom stereocenters. The minimum atomic E-state index is -0.538. The molecule has 1 N–H and O–H groups in total. The van der Waals surface area contributed by atoms with Crippen LogP contribution in [0.4, 0.5) is 0 Å². The minimum Gasteiger partial charge on any atom is -0.494 e. The molecular formula is C21H19NO4. The van der Waals surface area contributed by atoms with Crippen molar-refractivity contribution in [3.05, 3.63) is 75.1 Å². The molecule has 4 rings (SSSR count). The van der Waals surface area contributed by atoms with Gasteiger partial charge in [0, 0.05) is 0 Å². The number of hydrogen-bond acceptors (Lipinski definition) is 4. The summed E-state index contributed by atoms with van der Waals surface area (Å²) < 4.78 is 11.4. The minimum absolute atomic E-state index is 0.0937. The molecule has 1 aliphatic rings. The molecule has 0 radical (unpaired) electrons. The number of hydrogen-bond donors (Lipinski definition) is 1. The van der Waals surface area contributed by atoms with Crippen LogP contribution < -0.4 is 15.5 Å². The molecule has 1 atom stereocenters. The first-order chi connectivity index (χ1) is 12.6. The van der Waals surface area contributed by atoms with Gasteiger partial charge in [0.2, 0.25) is 5.76 Å². The number of aryl methyl sites for hydroxylation is 1. The normalized spacial score (nSPS) is 15.8. The average Bonchev–Trinajstić information content (AvgIpc) is 2.98. The number of ether oxygens (including phenoxy) is 1. The molecule has 2 aromatic carbocycles. The van der Waals surface area contributed by atoms with E-state index in [4.69, 9.17) is 9.15 Å². The van der Waals surface area contributed by atoms with Gasteiger partial charge in [-0.25, -0.2) is 0 Å². The average molecular weight is 349 g/mol. The van der Waals surface area contributed by atoms with Gasteiger partial charge < -0.3 is 14.5 Å². The summed E-state index contributed by atoms with van der Waals surface area (Å²) in [7, 11) is 0. The van der Waals surface area contributed by atoms with Crippen LogP contribution in [-0.4, -0.2) is 12.5 Å². The van der Waals surface area contributed by atoms with E-state index in [-0.39, 0.29) is 17.1 Å². The Bertz CT molecular complexity index is 1070. The topological polar surface area (TPSA) is 68.5 Å². The van der Waals surface area contributed by atoms with Crippen molar-refractivity contribution in [3.63, 3.8) is 0 Å². The van der Waals surface area contributed by atoms with Gasteiger partial charge in [-0.3, -0.25) is 9.59 Å². The highest BCUT2D eigenvalue weighted by atomic mass is 16.5. The summed E-state index contributed by atoms with van der Waals surface area (Å²) in [4.78, 5) is 25.5. The fraction of sp³-hybridized carbons (Fsp3) is 0.238. The second kappa shape index (κ2) is 6.33. The number of amides is 1. The maximum Gasteiger partial charge on any atom is 0.288 e.